The Hall–Kier alpha value is -1.63. The van der Waals surface area contributed by atoms with Crippen molar-refractivity contribution in [2.24, 2.45) is 0 Å². The van der Waals surface area contributed by atoms with Gasteiger partial charge in [-0.05, 0) is 6.42 Å². The average molecular weight is 542 g/mol. The molecule has 0 rings (SSSR count). The molecule has 0 spiro atoms. The molecule has 224 valence electrons. The SMILES string of the molecule is CCCCCCCCCCCCCCCCCCCCCCCCCC(C(=O)O)N(CC(=O)O)CC(=O)O. The van der Waals surface area contributed by atoms with Crippen molar-refractivity contribution in [3.63, 3.8) is 0 Å². The molecule has 0 saturated heterocycles. The minimum absolute atomic E-state index is 0.273. The third-order valence-electron chi connectivity index (χ3n) is 7.48. The van der Waals surface area contributed by atoms with Gasteiger partial charge in [-0.1, -0.05) is 155 Å². The van der Waals surface area contributed by atoms with Crippen LogP contribution in [-0.4, -0.2) is 57.3 Å². The Bertz CT molecular complexity index is 567. The lowest BCUT2D eigenvalue weighted by Gasteiger charge is -2.25. The number of carbonyl (C=O) groups is 3. The van der Waals surface area contributed by atoms with E-state index in [-0.39, 0.29) is 6.42 Å². The minimum atomic E-state index is -1.22. The third-order valence-corrected chi connectivity index (χ3v) is 7.48. The number of unbranched alkanes of at least 4 members (excludes halogenated alkanes) is 22. The molecular weight excluding hydrogens is 482 g/mol. The monoisotopic (exact) mass is 541 g/mol. The number of carboxylic acids is 3. The summed E-state index contributed by atoms with van der Waals surface area (Å²) in [5.41, 5.74) is 0. The van der Waals surface area contributed by atoms with Crippen LogP contribution in [0.1, 0.15) is 161 Å². The second-order valence-electron chi connectivity index (χ2n) is 11.1. The molecule has 0 saturated carbocycles. The van der Waals surface area contributed by atoms with E-state index in [1.807, 2.05) is 0 Å². The van der Waals surface area contributed by atoms with Crippen molar-refractivity contribution in [2.45, 2.75) is 167 Å². The van der Waals surface area contributed by atoms with E-state index in [0.717, 1.165) is 24.2 Å². The average Bonchev–Trinajstić information content (AvgIpc) is 2.85. The van der Waals surface area contributed by atoms with Crippen molar-refractivity contribution in [3.05, 3.63) is 0 Å². The molecule has 0 aromatic carbocycles. The van der Waals surface area contributed by atoms with Crippen LogP contribution >= 0.6 is 0 Å². The highest BCUT2D eigenvalue weighted by atomic mass is 16.4. The molecule has 0 aromatic rings. The molecule has 3 N–H and O–H groups in total. The van der Waals surface area contributed by atoms with E-state index in [0.29, 0.717) is 6.42 Å². The molecule has 7 nitrogen and oxygen atoms in total. The van der Waals surface area contributed by atoms with Gasteiger partial charge in [0.25, 0.3) is 0 Å². The first-order valence-corrected chi connectivity index (χ1v) is 15.8. The molecule has 0 aromatic heterocycles. The number of hydrogen-bond acceptors (Lipinski definition) is 4. The minimum Gasteiger partial charge on any atom is -0.480 e. The number of hydrogen-bond donors (Lipinski definition) is 3. The van der Waals surface area contributed by atoms with Crippen LogP contribution in [-0.2, 0) is 14.4 Å². The van der Waals surface area contributed by atoms with E-state index >= 15 is 0 Å². The zero-order valence-corrected chi connectivity index (χ0v) is 24.5. The maximum absolute atomic E-state index is 11.5. The van der Waals surface area contributed by atoms with E-state index in [9.17, 15) is 19.5 Å². The van der Waals surface area contributed by atoms with Crippen LogP contribution in [0.4, 0.5) is 0 Å². The summed E-state index contributed by atoms with van der Waals surface area (Å²) in [7, 11) is 0. The largest absolute Gasteiger partial charge is 0.480 e. The molecule has 38 heavy (non-hydrogen) atoms. The van der Waals surface area contributed by atoms with Crippen LogP contribution in [0.2, 0.25) is 0 Å². The van der Waals surface area contributed by atoms with E-state index in [4.69, 9.17) is 10.2 Å². The Kier molecular flexibility index (Phi) is 25.8. The molecule has 0 aliphatic heterocycles. The smallest absolute Gasteiger partial charge is 0.320 e. The Morgan fingerprint density at radius 2 is 0.737 bits per heavy atom. The molecule has 0 amide bonds. The fraction of sp³-hybridized carbons (Fsp3) is 0.903. The molecule has 0 bridgehead atoms. The second kappa shape index (κ2) is 27.0. The van der Waals surface area contributed by atoms with Crippen molar-refractivity contribution in [1.82, 2.24) is 4.90 Å². The summed E-state index contributed by atoms with van der Waals surface area (Å²) in [5, 5.41) is 27.3. The maximum Gasteiger partial charge on any atom is 0.320 e. The zero-order valence-electron chi connectivity index (χ0n) is 24.5. The van der Waals surface area contributed by atoms with Crippen molar-refractivity contribution in [3.8, 4) is 0 Å². The van der Waals surface area contributed by atoms with Gasteiger partial charge >= 0.3 is 17.9 Å². The molecule has 0 fully saturated rings. The molecule has 7 heteroatoms. The van der Waals surface area contributed by atoms with Gasteiger partial charge in [0.05, 0.1) is 13.1 Å². The summed E-state index contributed by atoms with van der Waals surface area (Å²) < 4.78 is 0. The fourth-order valence-electron chi connectivity index (χ4n) is 5.21. The quantitative estimate of drug-likeness (QED) is 0.0783. The normalized spacial score (nSPS) is 12.2. The molecule has 0 heterocycles. The van der Waals surface area contributed by atoms with Crippen LogP contribution in [0.5, 0.6) is 0 Å². The number of aliphatic carboxylic acids is 3. The van der Waals surface area contributed by atoms with Crippen LogP contribution in [0, 0.1) is 0 Å². The summed E-state index contributed by atoms with van der Waals surface area (Å²) in [6, 6.07) is -1.07. The molecule has 1 unspecified atom stereocenters. The topological polar surface area (TPSA) is 115 Å². The van der Waals surface area contributed by atoms with E-state index < -0.39 is 37.0 Å². The van der Waals surface area contributed by atoms with Crippen molar-refractivity contribution in [2.75, 3.05) is 13.1 Å². The van der Waals surface area contributed by atoms with Crippen LogP contribution < -0.4 is 0 Å². The predicted octanol–water partition coefficient (Wildman–Crippen LogP) is 8.29. The first-order chi connectivity index (χ1) is 18.4. The molecule has 0 aliphatic carbocycles. The predicted molar refractivity (Wildman–Crippen MR) is 155 cm³/mol. The van der Waals surface area contributed by atoms with Crippen molar-refractivity contribution in [1.29, 1.82) is 0 Å². The molecular formula is C31H59NO6. The summed E-state index contributed by atoms with van der Waals surface area (Å²) in [4.78, 5) is 34.5. The van der Waals surface area contributed by atoms with Gasteiger partial charge in [0.1, 0.15) is 6.04 Å². The van der Waals surface area contributed by atoms with Gasteiger partial charge in [-0.25, -0.2) is 0 Å². The lowest BCUT2D eigenvalue weighted by atomic mass is 10.0. The van der Waals surface area contributed by atoms with Crippen LogP contribution in [0.15, 0.2) is 0 Å². The van der Waals surface area contributed by atoms with Crippen LogP contribution in [0.3, 0.4) is 0 Å². The highest BCUT2D eigenvalue weighted by Gasteiger charge is 2.28. The second-order valence-corrected chi connectivity index (χ2v) is 11.1. The number of carboxylic acid groups (broad SMARTS) is 3. The first-order valence-electron chi connectivity index (χ1n) is 15.8. The molecule has 0 aliphatic rings. The summed E-state index contributed by atoms with van der Waals surface area (Å²) >= 11 is 0. The Balaban J connectivity index is 3.50. The number of nitrogens with zero attached hydrogens (tertiary/aromatic N) is 1. The van der Waals surface area contributed by atoms with Crippen LogP contribution in [0.25, 0.3) is 0 Å². The van der Waals surface area contributed by atoms with Gasteiger partial charge in [0, 0.05) is 0 Å². The van der Waals surface area contributed by atoms with E-state index in [1.165, 1.54) is 122 Å². The third kappa shape index (κ3) is 24.7. The highest BCUT2D eigenvalue weighted by molar-refractivity contribution is 5.78. The van der Waals surface area contributed by atoms with Gasteiger partial charge in [-0.15, -0.1) is 0 Å². The van der Waals surface area contributed by atoms with Gasteiger partial charge in [-0.2, -0.15) is 0 Å². The van der Waals surface area contributed by atoms with Crippen molar-refractivity contribution >= 4 is 17.9 Å². The van der Waals surface area contributed by atoms with E-state index in [1.54, 1.807) is 0 Å². The molecule has 0 radical (unpaired) electrons. The lowest BCUT2D eigenvalue weighted by molar-refractivity contribution is -0.149. The first kappa shape index (κ1) is 36.4. The van der Waals surface area contributed by atoms with Gasteiger partial charge in [0.15, 0.2) is 0 Å². The summed E-state index contributed by atoms with van der Waals surface area (Å²) in [5.74, 6) is -3.60. The van der Waals surface area contributed by atoms with Crippen molar-refractivity contribution < 1.29 is 29.7 Å². The Morgan fingerprint density at radius 3 is 0.974 bits per heavy atom. The standard InChI is InChI=1S/C31H59NO6/c1-2-3-4-5-6-7-8-9-10-11-12-13-14-15-16-17-18-19-20-21-22-23-24-25-28(31(37)38)32(26-29(33)34)27-30(35)36/h28H,2-27H2,1H3,(H,33,34)(H,35,36)(H,37,38). The highest BCUT2D eigenvalue weighted by Crippen LogP contribution is 2.16. The summed E-state index contributed by atoms with van der Waals surface area (Å²) in [6.45, 7) is 1.11. The Morgan fingerprint density at radius 1 is 0.474 bits per heavy atom. The van der Waals surface area contributed by atoms with Gasteiger partial charge in [0.2, 0.25) is 0 Å². The van der Waals surface area contributed by atoms with Gasteiger partial charge in [-0.3, -0.25) is 19.3 Å². The number of rotatable bonds is 30. The fourth-order valence-corrected chi connectivity index (χ4v) is 5.21. The van der Waals surface area contributed by atoms with Gasteiger partial charge < -0.3 is 15.3 Å². The van der Waals surface area contributed by atoms with E-state index in [2.05, 4.69) is 6.92 Å². The molecule has 1 atom stereocenters. The summed E-state index contributed by atoms with van der Waals surface area (Å²) in [6.07, 6.45) is 30.1. The Labute approximate surface area is 232 Å². The lowest BCUT2D eigenvalue weighted by Crippen LogP contribution is -2.46. The zero-order chi connectivity index (χ0) is 28.3. The maximum atomic E-state index is 11.5.